The Morgan fingerprint density at radius 1 is 1.21 bits per heavy atom. The molecule has 33 heavy (non-hydrogen) atoms. The average molecular weight is 450 g/mol. The fourth-order valence-electron chi connectivity index (χ4n) is 4.38. The molecular weight excluding hydrogens is 418 g/mol. The van der Waals surface area contributed by atoms with Gasteiger partial charge in [-0.2, -0.15) is 0 Å². The Kier molecular flexibility index (Phi) is 7.67. The van der Waals surface area contributed by atoms with E-state index in [-0.39, 0.29) is 17.7 Å². The predicted molar refractivity (Wildman–Crippen MR) is 127 cm³/mol. The minimum Gasteiger partial charge on any atom is -0.383 e. The quantitative estimate of drug-likeness (QED) is 0.520. The lowest BCUT2D eigenvalue weighted by atomic mass is 9.88. The summed E-state index contributed by atoms with van der Waals surface area (Å²) in [6.45, 7) is 1.57. The van der Waals surface area contributed by atoms with E-state index in [4.69, 9.17) is 4.74 Å². The van der Waals surface area contributed by atoms with Crippen LogP contribution in [-0.2, 0) is 22.5 Å². The van der Waals surface area contributed by atoms with Crippen molar-refractivity contribution in [1.29, 1.82) is 0 Å². The first-order chi connectivity index (χ1) is 16.2. The smallest absolute Gasteiger partial charge is 0.253 e. The topological polar surface area (TPSA) is 98.1 Å². The van der Waals surface area contributed by atoms with E-state index >= 15 is 0 Å². The van der Waals surface area contributed by atoms with Crippen molar-refractivity contribution >= 4 is 28.5 Å². The summed E-state index contributed by atoms with van der Waals surface area (Å²) in [4.78, 5) is 34.6. The van der Waals surface area contributed by atoms with Gasteiger partial charge in [0.2, 0.25) is 5.91 Å². The first-order valence-electron chi connectivity index (χ1n) is 11.6. The van der Waals surface area contributed by atoms with Crippen LogP contribution in [0.2, 0.25) is 0 Å². The number of methoxy groups -OCH3 is 1. The van der Waals surface area contributed by atoms with Gasteiger partial charge in [0.25, 0.3) is 5.91 Å². The molecular formula is C25H31N5O3. The van der Waals surface area contributed by atoms with Gasteiger partial charge in [-0.1, -0.05) is 25.3 Å². The molecule has 4 rings (SSSR count). The second-order valence-electron chi connectivity index (χ2n) is 8.51. The highest BCUT2D eigenvalue weighted by molar-refractivity contribution is 6.07. The predicted octanol–water partition coefficient (Wildman–Crippen LogP) is 3.57. The second kappa shape index (κ2) is 11.0. The first-order valence-corrected chi connectivity index (χ1v) is 11.6. The number of pyridine rings is 1. The zero-order valence-corrected chi connectivity index (χ0v) is 19.0. The Balaban J connectivity index is 1.56. The van der Waals surface area contributed by atoms with Crippen LogP contribution in [0.5, 0.6) is 0 Å². The zero-order chi connectivity index (χ0) is 23.0. The van der Waals surface area contributed by atoms with Crippen LogP contribution in [0.25, 0.3) is 11.0 Å². The van der Waals surface area contributed by atoms with Gasteiger partial charge < -0.3 is 19.9 Å². The minimum atomic E-state index is -0.197. The third-order valence-electron chi connectivity index (χ3n) is 6.16. The van der Waals surface area contributed by atoms with Gasteiger partial charge in [0.15, 0.2) is 0 Å². The number of benzene rings is 1. The van der Waals surface area contributed by atoms with Crippen molar-refractivity contribution in [3.8, 4) is 0 Å². The highest BCUT2D eigenvalue weighted by Gasteiger charge is 2.23. The molecule has 0 bridgehead atoms. The number of nitrogens with zero attached hydrogens (tertiary/aromatic N) is 3. The summed E-state index contributed by atoms with van der Waals surface area (Å²) in [6, 6.07) is 7.46. The molecule has 0 aliphatic heterocycles. The maximum atomic E-state index is 13.2. The molecule has 2 N–H and O–H groups in total. The van der Waals surface area contributed by atoms with Gasteiger partial charge >= 0.3 is 0 Å². The van der Waals surface area contributed by atoms with E-state index in [0.29, 0.717) is 42.9 Å². The molecule has 3 aromatic rings. The van der Waals surface area contributed by atoms with Crippen LogP contribution >= 0.6 is 0 Å². The lowest BCUT2D eigenvalue weighted by molar-refractivity contribution is -0.120. The summed E-state index contributed by atoms with van der Waals surface area (Å²) in [5.74, 6) is -0.141. The normalized spacial score (nSPS) is 14.3. The molecule has 0 unspecified atom stereocenters. The monoisotopic (exact) mass is 449 g/mol. The molecule has 0 spiro atoms. The van der Waals surface area contributed by atoms with Gasteiger partial charge in [0, 0.05) is 44.2 Å². The van der Waals surface area contributed by atoms with Crippen LogP contribution in [0.4, 0.5) is 5.69 Å². The summed E-state index contributed by atoms with van der Waals surface area (Å²) >= 11 is 0. The molecule has 1 fully saturated rings. The summed E-state index contributed by atoms with van der Waals surface area (Å²) in [5.41, 5.74) is 3.56. The van der Waals surface area contributed by atoms with Gasteiger partial charge in [0.1, 0.15) is 0 Å². The van der Waals surface area contributed by atoms with Crippen molar-refractivity contribution in [2.24, 2.45) is 5.92 Å². The van der Waals surface area contributed by atoms with E-state index in [9.17, 15) is 9.59 Å². The number of carbonyl (C=O) groups excluding carboxylic acids is 2. The summed E-state index contributed by atoms with van der Waals surface area (Å²) in [7, 11) is 1.64. The molecule has 0 radical (unpaired) electrons. The van der Waals surface area contributed by atoms with E-state index < -0.39 is 0 Å². The number of nitrogens with one attached hydrogen (secondary N) is 2. The number of ether oxygens (including phenoxy) is 1. The fraction of sp³-hybridized carbons (Fsp3) is 0.440. The number of hydrogen-bond donors (Lipinski definition) is 2. The molecule has 1 aliphatic carbocycles. The lowest BCUT2D eigenvalue weighted by Crippen LogP contribution is -2.27. The number of hydrogen-bond acceptors (Lipinski definition) is 5. The molecule has 2 heterocycles. The van der Waals surface area contributed by atoms with Crippen LogP contribution < -0.4 is 10.6 Å². The number of amides is 2. The Morgan fingerprint density at radius 3 is 2.82 bits per heavy atom. The molecule has 8 heteroatoms. The van der Waals surface area contributed by atoms with Gasteiger partial charge in [-0.15, -0.1) is 0 Å². The van der Waals surface area contributed by atoms with Crippen molar-refractivity contribution in [2.45, 2.75) is 45.1 Å². The molecule has 2 amide bonds. The molecule has 1 aromatic carbocycles. The van der Waals surface area contributed by atoms with E-state index in [1.807, 2.05) is 22.8 Å². The molecule has 8 nitrogen and oxygen atoms in total. The second-order valence-corrected chi connectivity index (χ2v) is 8.51. The van der Waals surface area contributed by atoms with E-state index in [1.165, 1.54) is 6.42 Å². The van der Waals surface area contributed by atoms with Crippen LogP contribution in [0.1, 0.15) is 48.0 Å². The Labute approximate surface area is 193 Å². The molecule has 1 saturated carbocycles. The van der Waals surface area contributed by atoms with Crippen molar-refractivity contribution in [1.82, 2.24) is 19.9 Å². The van der Waals surface area contributed by atoms with Gasteiger partial charge in [0.05, 0.1) is 29.5 Å². The van der Waals surface area contributed by atoms with Crippen LogP contribution in [-0.4, -0.2) is 46.6 Å². The molecule has 0 saturated heterocycles. The first kappa shape index (κ1) is 22.9. The van der Waals surface area contributed by atoms with Crippen LogP contribution in [0, 0.1) is 5.92 Å². The number of anilines is 1. The third-order valence-corrected chi connectivity index (χ3v) is 6.16. The van der Waals surface area contributed by atoms with E-state index in [1.54, 1.807) is 31.9 Å². The van der Waals surface area contributed by atoms with Gasteiger partial charge in [-0.3, -0.25) is 14.6 Å². The number of fused-ring (bicyclic) bond motifs is 1. The van der Waals surface area contributed by atoms with Crippen molar-refractivity contribution < 1.29 is 14.3 Å². The minimum absolute atomic E-state index is 0.0239. The summed E-state index contributed by atoms with van der Waals surface area (Å²) in [6.07, 6.45) is 11.1. The zero-order valence-electron chi connectivity index (χ0n) is 19.0. The Bertz CT molecular complexity index is 1090. The van der Waals surface area contributed by atoms with Gasteiger partial charge in [-0.25, -0.2) is 4.98 Å². The number of rotatable bonds is 9. The number of carbonyl (C=O) groups is 2. The van der Waals surface area contributed by atoms with Crippen molar-refractivity contribution in [3.05, 3.63) is 54.1 Å². The fourth-order valence-corrected chi connectivity index (χ4v) is 4.38. The molecule has 1 aliphatic rings. The maximum Gasteiger partial charge on any atom is 0.253 e. The van der Waals surface area contributed by atoms with Crippen LogP contribution in [0.3, 0.4) is 0 Å². The summed E-state index contributed by atoms with van der Waals surface area (Å²) in [5, 5.41) is 6.04. The van der Waals surface area contributed by atoms with Crippen molar-refractivity contribution in [2.75, 3.05) is 25.6 Å². The summed E-state index contributed by atoms with van der Waals surface area (Å²) < 4.78 is 7.13. The lowest BCUT2D eigenvalue weighted by Gasteiger charge is -2.21. The molecule has 174 valence electrons. The SMILES string of the molecule is COCCn1cnc2cc(NC(=O)C3CCCCC3)cc(C(=O)NCCc3cccnc3)c21. The molecule has 2 aromatic heterocycles. The third kappa shape index (κ3) is 5.76. The van der Waals surface area contributed by atoms with E-state index in [2.05, 4.69) is 20.6 Å². The average Bonchev–Trinajstić information content (AvgIpc) is 3.26. The highest BCUT2D eigenvalue weighted by atomic mass is 16.5. The Hall–Kier alpha value is -3.26. The number of imidazole rings is 1. The highest BCUT2D eigenvalue weighted by Crippen LogP contribution is 2.27. The van der Waals surface area contributed by atoms with E-state index in [0.717, 1.165) is 36.8 Å². The maximum absolute atomic E-state index is 13.2. The number of aromatic nitrogens is 3. The van der Waals surface area contributed by atoms with Crippen LogP contribution in [0.15, 0.2) is 43.0 Å². The van der Waals surface area contributed by atoms with Gasteiger partial charge in [-0.05, 0) is 43.0 Å². The molecule has 0 atom stereocenters. The standard InChI is InChI=1S/C25H31N5O3/c1-33-13-12-30-17-28-22-15-20(29-24(31)19-7-3-2-4-8-19)14-21(23(22)30)25(32)27-11-9-18-6-5-10-26-16-18/h5-6,10,14-17,19H,2-4,7-9,11-13H2,1H3,(H,27,32)(H,29,31). The van der Waals surface area contributed by atoms with Crippen molar-refractivity contribution in [3.63, 3.8) is 0 Å². The largest absolute Gasteiger partial charge is 0.383 e. The Morgan fingerprint density at radius 2 is 2.06 bits per heavy atom.